The van der Waals surface area contributed by atoms with Crippen LogP contribution in [0.25, 0.3) is 0 Å². The van der Waals surface area contributed by atoms with Gasteiger partial charge in [-0.2, -0.15) is 0 Å². The summed E-state index contributed by atoms with van der Waals surface area (Å²) in [6.07, 6.45) is 1.63. The molecule has 18 heavy (non-hydrogen) atoms. The number of ether oxygens (including phenoxy) is 1. The topological polar surface area (TPSA) is 58.6 Å². The van der Waals surface area contributed by atoms with Crippen LogP contribution in [0, 0.1) is 5.92 Å². The molecule has 3 atom stereocenters. The molecular formula is C13H24N2O3. The minimum atomic E-state index is -0.416. The first kappa shape index (κ1) is 15.0. The second-order valence-corrected chi connectivity index (χ2v) is 4.94. The molecule has 5 nitrogen and oxygen atoms in total. The molecule has 0 aliphatic carbocycles. The molecule has 0 saturated carbocycles. The molecule has 1 fully saturated rings. The van der Waals surface area contributed by atoms with E-state index in [1.165, 1.54) is 0 Å². The molecule has 1 saturated heterocycles. The van der Waals surface area contributed by atoms with E-state index in [4.69, 9.17) is 4.74 Å². The van der Waals surface area contributed by atoms with Gasteiger partial charge in [0, 0.05) is 20.3 Å². The first-order chi connectivity index (χ1) is 8.52. The zero-order valence-corrected chi connectivity index (χ0v) is 11.7. The second kappa shape index (κ2) is 6.73. The molecule has 0 bridgehead atoms. The molecule has 1 rings (SSSR count). The predicted molar refractivity (Wildman–Crippen MR) is 69.1 cm³/mol. The molecular weight excluding hydrogens is 232 g/mol. The third kappa shape index (κ3) is 3.22. The number of piperazine rings is 1. The average molecular weight is 256 g/mol. The van der Waals surface area contributed by atoms with Crippen molar-refractivity contribution in [2.24, 2.45) is 5.92 Å². The zero-order chi connectivity index (χ0) is 13.7. The maximum absolute atomic E-state index is 12.2. The standard InChI is InChI=1S/C13H24N2O3/c1-5-9(2)11-12(16)14-10(3)13(17)15(11)7-6-8-18-4/h9-11H,5-8H2,1-4H3,(H,14,16). The van der Waals surface area contributed by atoms with E-state index in [9.17, 15) is 9.59 Å². The van der Waals surface area contributed by atoms with E-state index in [0.29, 0.717) is 13.2 Å². The van der Waals surface area contributed by atoms with Crippen molar-refractivity contribution in [2.75, 3.05) is 20.3 Å². The highest BCUT2D eigenvalue weighted by Crippen LogP contribution is 2.20. The molecule has 3 unspecified atom stereocenters. The summed E-state index contributed by atoms with van der Waals surface area (Å²) in [5.41, 5.74) is 0. The average Bonchev–Trinajstić information content (AvgIpc) is 2.34. The van der Waals surface area contributed by atoms with Gasteiger partial charge in [0.25, 0.3) is 0 Å². The Bertz CT molecular complexity index is 307. The van der Waals surface area contributed by atoms with Crippen molar-refractivity contribution >= 4 is 11.8 Å². The number of rotatable bonds is 6. The van der Waals surface area contributed by atoms with E-state index in [1.807, 2.05) is 13.8 Å². The number of carbonyl (C=O) groups is 2. The quantitative estimate of drug-likeness (QED) is 0.715. The maximum Gasteiger partial charge on any atom is 0.245 e. The highest BCUT2D eigenvalue weighted by molar-refractivity contribution is 5.96. The van der Waals surface area contributed by atoms with Gasteiger partial charge < -0.3 is 15.0 Å². The van der Waals surface area contributed by atoms with Gasteiger partial charge in [-0.05, 0) is 19.3 Å². The molecule has 5 heteroatoms. The van der Waals surface area contributed by atoms with Crippen LogP contribution < -0.4 is 5.32 Å². The number of nitrogens with one attached hydrogen (secondary N) is 1. The van der Waals surface area contributed by atoms with Crippen molar-refractivity contribution in [2.45, 2.75) is 45.7 Å². The van der Waals surface area contributed by atoms with Gasteiger partial charge >= 0.3 is 0 Å². The largest absolute Gasteiger partial charge is 0.385 e. The van der Waals surface area contributed by atoms with Crippen LogP contribution in [0.3, 0.4) is 0 Å². The smallest absolute Gasteiger partial charge is 0.245 e. The van der Waals surface area contributed by atoms with Crippen LogP contribution in [-0.2, 0) is 14.3 Å². The fraction of sp³-hybridized carbons (Fsp3) is 0.846. The summed E-state index contributed by atoms with van der Waals surface area (Å²) in [7, 11) is 1.64. The molecule has 0 aromatic carbocycles. The van der Waals surface area contributed by atoms with Gasteiger partial charge in [-0.15, -0.1) is 0 Å². The molecule has 0 aromatic heterocycles. The molecule has 104 valence electrons. The number of methoxy groups -OCH3 is 1. The lowest BCUT2D eigenvalue weighted by atomic mass is 9.93. The van der Waals surface area contributed by atoms with Crippen LogP contribution in [0.5, 0.6) is 0 Å². The van der Waals surface area contributed by atoms with Crippen molar-refractivity contribution < 1.29 is 14.3 Å². The monoisotopic (exact) mass is 256 g/mol. The summed E-state index contributed by atoms with van der Waals surface area (Å²) >= 11 is 0. The van der Waals surface area contributed by atoms with E-state index in [-0.39, 0.29) is 23.8 Å². The summed E-state index contributed by atoms with van der Waals surface area (Å²) in [5.74, 6) is 0.147. The SMILES string of the molecule is CCC(C)C1C(=O)NC(C)C(=O)N1CCCOC. The number of hydrogen-bond donors (Lipinski definition) is 1. The Balaban J connectivity index is 2.80. The molecule has 0 aromatic rings. The van der Waals surface area contributed by atoms with Crippen LogP contribution in [0.15, 0.2) is 0 Å². The van der Waals surface area contributed by atoms with Crippen LogP contribution in [0.1, 0.15) is 33.6 Å². The van der Waals surface area contributed by atoms with Crippen LogP contribution in [0.2, 0.25) is 0 Å². The van der Waals surface area contributed by atoms with Gasteiger partial charge in [0.1, 0.15) is 12.1 Å². The fourth-order valence-corrected chi connectivity index (χ4v) is 2.31. The predicted octanol–water partition coefficient (Wildman–Crippen LogP) is 0.785. The van der Waals surface area contributed by atoms with Gasteiger partial charge in [0.15, 0.2) is 0 Å². The summed E-state index contributed by atoms with van der Waals surface area (Å²) in [6, 6.07) is -0.754. The molecule has 1 aliphatic heterocycles. The normalized spacial score (nSPS) is 26.1. The Morgan fingerprint density at radius 1 is 1.44 bits per heavy atom. The lowest BCUT2D eigenvalue weighted by Crippen LogP contribution is -2.64. The Morgan fingerprint density at radius 3 is 2.67 bits per heavy atom. The van der Waals surface area contributed by atoms with E-state index in [0.717, 1.165) is 12.8 Å². The van der Waals surface area contributed by atoms with E-state index in [2.05, 4.69) is 5.32 Å². The minimum absolute atomic E-state index is 0.0102. The van der Waals surface area contributed by atoms with Gasteiger partial charge in [0.05, 0.1) is 0 Å². The number of hydrogen-bond acceptors (Lipinski definition) is 3. The molecule has 1 N–H and O–H groups in total. The number of nitrogens with zero attached hydrogens (tertiary/aromatic N) is 1. The van der Waals surface area contributed by atoms with Gasteiger partial charge in [-0.3, -0.25) is 9.59 Å². The van der Waals surface area contributed by atoms with Crippen molar-refractivity contribution in [1.29, 1.82) is 0 Å². The van der Waals surface area contributed by atoms with Crippen molar-refractivity contribution in [1.82, 2.24) is 10.2 Å². The second-order valence-electron chi connectivity index (χ2n) is 4.94. The Morgan fingerprint density at radius 2 is 2.11 bits per heavy atom. The minimum Gasteiger partial charge on any atom is -0.385 e. The molecule has 0 spiro atoms. The van der Waals surface area contributed by atoms with Crippen LogP contribution >= 0.6 is 0 Å². The van der Waals surface area contributed by atoms with Crippen molar-refractivity contribution in [3.8, 4) is 0 Å². The Kier molecular flexibility index (Phi) is 5.59. The fourth-order valence-electron chi connectivity index (χ4n) is 2.31. The number of amides is 2. The summed E-state index contributed by atoms with van der Waals surface area (Å²) in [5, 5.41) is 2.75. The first-order valence-electron chi connectivity index (χ1n) is 6.62. The molecule has 1 heterocycles. The van der Waals surface area contributed by atoms with Crippen molar-refractivity contribution in [3.63, 3.8) is 0 Å². The Hall–Kier alpha value is -1.10. The van der Waals surface area contributed by atoms with Crippen molar-refractivity contribution in [3.05, 3.63) is 0 Å². The van der Waals surface area contributed by atoms with E-state index < -0.39 is 6.04 Å². The molecule has 2 amide bonds. The Labute approximate surface area is 109 Å². The highest BCUT2D eigenvalue weighted by Gasteiger charge is 2.40. The lowest BCUT2D eigenvalue weighted by molar-refractivity contribution is -0.151. The summed E-state index contributed by atoms with van der Waals surface area (Å²) in [4.78, 5) is 25.9. The summed E-state index contributed by atoms with van der Waals surface area (Å²) in [6.45, 7) is 6.97. The molecule has 0 radical (unpaired) electrons. The maximum atomic E-state index is 12.2. The number of carbonyl (C=O) groups excluding carboxylic acids is 2. The highest BCUT2D eigenvalue weighted by atomic mass is 16.5. The lowest BCUT2D eigenvalue weighted by Gasteiger charge is -2.40. The first-order valence-corrected chi connectivity index (χ1v) is 6.62. The van der Waals surface area contributed by atoms with Crippen LogP contribution in [0.4, 0.5) is 0 Å². The zero-order valence-electron chi connectivity index (χ0n) is 11.7. The van der Waals surface area contributed by atoms with E-state index in [1.54, 1.807) is 18.9 Å². The molecule has 1 aliphatic rings. The van der Waals surface area contributed by atoms with Gasteiger partial charge in [-0.25, -0.2) is 0 Å². The van der Waals surface area contributed by atoms with E-state index >= 15 is 0 Å². The third-order valence-electron chi connectivity index (χ3n) is 3.55. The van der Waals surface area contributed by atoms with Gasteiger partial charge in [-0.1, -0.05) is 20.3 Å². The third-order valence-corrected chi connectivity index (χ3v) is 3.55. The summed E-state index contributed by atoms with van der Waals surface area (Å²) < 4.78 is 5.01. The van der Waals surface area contributed by atoms with Gasteiger partial charge in [0.2, 0.25) is 11.8 Å². The van der Waals surface area contributed by atoms with Crippen LogP contribution in [-0.4, -0.2) is 49.1 Å².